The Kier molecular flexibility index (Phi) is 6.86. The molecule has 0 amide bonds. The van der Waals surface area contributed by atoms with Gasteiger partial charge in [0, 0.05) is 41.7 Å². The summed E-state index contributed by atoms with van der Waals surface area (Å²) in [6.45, 7) is 2.78. The number of aromatic hydroxyl groups is 1. The van der Waals surface area contributed by atoms with Gasteiger partial charge in [-0.1, -0.05) is 39.7 Å². The molecule has 2 aliphatic rings. The largest absolute Gasteiger partial charge is 0.506 e. The van der Waals surface area contributed by atoms with Crippen LogP contribution in [0.2, 0.25) is 5.02 Å². The fourth-order valence-corrected chi connectivity index (χ4v) is 4.81. The molecule has 0 aromatic heterocycles. The van der Waals surface area contributed by atoms with Gasteiger partial charge >= 0.3 is 0 Å². The summed E-state index contributed by atoms with van der Waals surface area (Å²) in [4.78, 5) is 2.25. The van der Waals surface area contributed by atoms with E-state index in [1.807, 2.05) is 30.3 Å². The van der Waals surface area contributed by atoms with Gasteiger partial charge < -0.3 is 14.6 Å². The Balaban J connectivity index is 1.52. The van der Waals surface area contributed by atoms with Crippen LogP contribution in [-0.2, 0) is 0 Å². The Hall–Kier alpha value is -1.76. The van der Waals surface area contributed by atoms with Gasteiger partial charge in [-0.2, -0.15) is 0 Å². The summed E-state index contributed by atoms with van der Waals surface area (Å²) < 4.78 is 25.4. The number of benzene rings is 2. The Morgan fingerprint density at radius 1 is 1.23 bits per heavy atom. The lowest BCUT2D eigenvalue weighted by Gasteiger charge is -2.17. The third-order valence-corrected chi connectivity index (χ3v) is 6.63. The number of phenols is 1. The molecule has 4 rings (SSSR count). The van der Waals surface area contributed by atoms with Crippen LogP contribution in [0.15, 0.2) is 40.9 Å². The van der Waals surface area contributed by atoms with Gasteiger partial charge in [-0.25, -0.2) is 0 Å². The molecule has 2 aliphatic heterocycles. The molecule has 2 aromatic rings. The summed E-state index contributed by atoms with van der Waals surface area (Å²) in [6.07, 6.45) is 2.38. The molecule has 0 aliphatic carbocycles. The maximum absolute atomic E-state index is 12.4. The zero-order valence-corrected chi connectivity index (χ0v) is 18.9. The number of fused-ring (bicyclic) bond motifs is 1. The van der Waals surface area contributed by atoms with Crippen molar-refractivity contribution in [1.29, 1.82) is 0 Å². The minimum absolute atomic E-state index is 0.00802. The number of hydrogen-bond donors (Lipinski definition) is 1. The number of rotatable bonds is 6. The molecule has 0 bridgehead atoms. The van der Waals surface area contributed by atoms with Crippen LogP contribution >= 0.6 is 27.5 Å². The van der Waals surface area contributed by atoms with Gasteiger partial charge in [0.05, 0.1) is 13.3 Å². The van der Waals surface area contributed by atoms with Crippen LogP contribution < -0.4 is 9.47 Å². The fourth-order valence-electron chi connectivity index (χ4n) is 3.98. The van der Waals surface area contributed by atoms with E-state index in [1.165, 1.54) is 0 Å². The first-order chi connectivity index (χ1) is 14.6. The van der Waals surface area contributed by atoms with E-state index in [2.05, 4.69) is 20.8 Å². The second-order valence-corrected chi connectivity index (χ2v) is 8.88. The SMILES string of the molecule is Oc1ccc2c(c1Cl)OCCC(Br)=C2c1ccc(O[C@H]2CCN(CCCF)C2)cc1. The first-order valence-electron chi connectivity index (χ1n) is 10.2. The van der Waals surface area contributed by atoms with Gasteiger partial charge in [-0.3, -0.25) is 9.29 Å². The summed E-state index contributed by atoms with van der Waals surface area (Å²) in [7, 11) is 0. The first kappa shape index (κ1) is 21.5. The van der Waals surface area contributed by atoms with Crippen molar-refractivity contribution < 1.29 is 19.0 Å². The van der Waals surface area contributed by atoms with Crippen molar-refractivity contribution in [2.24, 2.45) is 0 Å². The van der Waals surface area contributed by atoms with Gasteiger partial charge in [0.2, 0.25) is 0 Å². The standard InChI is InChI=1S/C23H24BrClFNO3/c24-19-9-13-29-23-18(6-7-20(28)22(23)25)21(19)15-2-4-16(5-3-15)30-17-8-12-27(14-17)11-1-10-26/h2-7,17,28H,1,8-14H2/t17-/m0/s1. The topological polar surface area (TPSA) is 41.9 Å². The molecule has 4 nitrogen and oxygen atoms in total. The van der Waals surface area contributed by atoms with Gasteiger partial charge in [0.1, 0.15) is 28.4 Å². The van der Waals surface area contributed by atoms with Crippen LogP contribution in [0.3, 0.4) is 0 Å². The van der Waals surface area contributed by atoms with Crippen LogP contribution in [-0.4, -0.2) is 49.0 Å². The van der Waals surface area contributed by atoms with Crippen LogP contribution in [0.25, 0.3) is 5.57 Å². The molecule has 0 saturated carbocycles. The van der Waals surface area contributed by atoms with E-state index in [9.17, 15) is 9.50 Å². The van der Waals surface area contributed by atoms with Gasteiger partial charge in [0.15, 0.2) is 0 Å². The quantitative estimate of drug-likeness (QED) is 0.549. The number of halogens is 3. The van der Waals surface area contributed by atoms with E-state index >= 15 is 0 Å². The van der Waals surface area contributed by atoms with Crippen molar-refractivity contribution in [2.75, 3.05) is 32.9 Å². The summed E-state index contributed by atoms with van der Waals surface area (Å²) in [5.41, 5.74) is 2.85. The Morgan fingerprint density at radius 3 is 2.80 bits per heavy atom. The van der Waals surface area contributed by atoms with Gasteiger partial charge in [-0.05, 0) is 42.7 Å². The highest BCUT2D eigenvalue weighted by Gasteiger charge is 2.25. The van der Waals surface area contributed by atoms with Crippen molar-refractivity contribution in [3.63, 3.8) is 0 Å². The molecule has 30 heavy (non-hydrogen) atoms. The summed E-state index contributed by atoms with van der Waals surface area (Å²) >= 11 is 9.99. The van der Waals surface area contributed by atoms with Crippen molar-refractivity contribution >= 4 is 33.1 Å². The van der Waals surface area contributed by atoms with Crippen molar-refractivity contribution in [3.05, 3.63) is 57.0 Å². The smallest absolute Gasteiger partial charge is 0.149 e. The van der Waals surface area contributed by atoms with Crippen molar-refractivity contribution in [2.45, 2.75) is 25.4 Å². The van der Waals surface area contributed by atoms with Crippen LogP contribution in [0, 0.1) is 0 Å². The van der Waals surface area contributed by atoms with Crippen LogP contribution in [0.1, 0.15) is 30.4 Å². The number of likely N-dealkylation sites (tertiary alicyclic amines) is 1. The molecular formula is C23H24BrClFNO3. The van der Waals surface area contributed by atoms with E-state index in [0.29, 0.717) is 25.2 Å². The number of phenolic OH excluding ortho intramolecular Hbond substituents is 1. The third kappa shape index (κ3) is 4.61. The van der Waals surface area contributed by atoms with Crippen molar-refractivity contribution in [1.82, 2.24) is 4.90 Å². The molecule has 2 aromatic carbocycles. The Bertz CT molecular complexity index is 935. The second-order valence-electron chi connectivity index (χ2n) is 7.55. The molecule has 1 saturated heterocycles. The fraction of sp³-hybridized carbons (Fsp3) is 0.391. The molecule has 0 radical (unpaired) electrons. The lowest BCUT2D eigenvalue weighted by Crippen LogP contribution is -2.26. The van der Waals surface area contributed by atoms with E-state index in [-0.39, 0.29) is 23.6 Å². The van der Waals surface area contributed by atoms with Crippen LogP contribution in [0.5, 0.6) is 17.2 Å². The van der Waals surface area contributed by atoms with Crippen molar-refractivity contribution in [3.8, 4) is 17.2 Å². The van der Waals surface area contributed by atoms with E-state index in [1.54, 1.807) is 6.07 Å². The number of hydrogen-bond acceptors (Lipinski definition) is 4. The molecule has 2 heterocycles. The lowest BCUT2D eigenvalue weighted by atomic mass is 9.96. The van der Waals surface area contributed by atoms with Crippen LogP contribution in [0.4, 0.5) is 4.39 Å². The van der Waals surface area contributed by atoms with E-state index in [0.717, 1.165) is 53.0 Å². The average molecular weight is 497 g/mol. The highest BCUT2D eigenvalue weighted by molar-refractivity contribution is 9.11. The normalized spacial score (nSPS) is 19.4. The first-order valence-corrected chi connectivity index (χ1v) is 11.3. The molecule has 1 fully saturated rings. The summed E-state index contributed by atoms with van der Waals surface area (Å²) in [5, 5.41) is 10.2. The maximum atomic E-state index is 12.4. The van der Waals surface area contributed by atoms with Gasteiger partial charge in [-0.15, -0.1) is 0 Å². The Labute approximate surface area is 189 Å². The van der Waals surface area contributed by atoms with Gasteiger partial charge in [0.25, 0.3) is 0 Å². The minimum atomic E-state index is -0.270. The molecule has 160 valence electrons. The molecule has 1 atom stereocenters. The third-order valence-electron chi connectivity index (χ3n) is 5.47. The predicted molar refractivity (Wildman–Crippen MR) is 121 cm³/mol. The molecule has 0 unspecified atom stereocenters. The van der Waals surface area contributed by atoms with E-state index in [4.69, 9.17) is 21.1 Å². The summed E-state index contributed by atoms with van der Waals surface area (Å²) in [6, 6.07) is 11.4. The maximum Gasteiger partial charge on any atom is 0.149 e. The predicted octanol–water partition coefficient (Wildman–Crippen LogP) is 5.80. The molecule has 1 N–H and O–H groups in total. The zero-order valence-electron chi connectivity index (χ0n) is 16.5. The number of alkyl halides is 1. The lowest BCUT2D eigenvalue weighted by molar-refractivity contribution is 0.198. The molecule has 0 spiro atoms. The summed E-state index contributed by atoms with van der Waals surface area (Å²) in [5.74, 6) is 1.33. The molecular weight excluding hydrogens is 473 g/mol. The average Bonchev–Trinajstić information content (AvgIpc) is 3.12. The number of ether oxygens (including phenoxy) is 2. The Morgan fingerprint density at radius 2 is 2.03 bits per heavy atom. The molecule has 7 heteroatoms. The highest BCUT2D eigenvalue weighted by Crippen LogP contribution is 2.45. The van der Waals surface area contributed by atoms with E-state index < -0.39 is 0 Å². The second kappa shape index (κ2) is 9.58. The zero-order chi connectivity index (χ0) is 21.1. The monoisotopic (exact) mass is 495 g/mol. The minimum Gasteiger partial charge on any atom is -0.506 e. The number of nitrogens with zero attached hydrogens (tertiary/aromatic N) is 1. The highest BCUT2D eigenvalue weighted by atomic mass is 79.9.